The van der Waals surface area contributed by atoms with Crippen molar-refractivity contribution in [2.24, 2.45) is 0 Å². The Bertz CT molecular complexity index is 1010. The largest absolute Gasteiger partial charge is 0.459 e. The first-order chi connectivity index (χ1) is 14.4. The van der Waals surface area contributed by atoms with Gasteiger partial charge in [0.25, 0.3) is 5.91 Å². The average Bonchev–Trinajstić information content (AvgIpc) is 3.28. The Labute approximate surface area is 170 Å². The van der Waals surface area contributed by atoms with Crippen LogP contribution in [0.2, 0.25) is 0 Å². The van der Waals surface area contributed by atoms with Gasteiger partial charge in [-0.05, 0) is 30.3 Å². The lowest BCUT2D eigenvalue weighted by Gasteiger charge is -2.35. The number of hydrogen-bond acceptors (Lipinski definition) is 6. The third-order valence-electron chi connectivity index (χ3n) is 5.02. The van der Waals surface area contributed by atoms with Crippen LogP contribution in [0.5, 0.6) is 0 Å². The summed E-state index contributed by atoms with van der Waals surface area (Å²) < 4.78 is 43.8. The number of hydrogen-bond donors (Lipinski definition) is 1. The lowest BCUT2D eigenvalue weighted by molar-refractivity contribution is -0.140. The number of piperazine rings is 1. The summed E-state index contributed by atoms with van der Waals surface area (Å²) >= 11 is 0. The Morgan fingerprint density at radius 1 is 1.13 bits per heavy atom. The van der Waals surface area contributed by atoms with Crippen molar-refractivity contribution in [1.82, 2.24) is 20.2 Å². The first-order valence-electron chi connectivity index (χ1n) is 9.54. The molecule has 4 rings (SSSR count). The monoisotopic (exact) mass is 419 g/mol. The van der Waals surface area contributed by atoms with Crippen molar-refractivity contribution < 1.29 is 22.4 Å². The lowest BCUT2D eigenvalue weighted by atomic mass is 10.2. The zero-order chi connectivity index (χ0) is 21.1. The van der Waals surface area contributed by atoms with E-state index in [1.54, 1.807) is 12.1 Å². The van der Waals surface area contributed by atoms with Crippen LogP contribution in [-0.4, -0.2) is 60.0 Å². The van der Waals surface area contributed by atoms with Gasteiger partial charge in [-0.15, -0.1) is 0 Å². The molecule has 1 N–H and O–H groups in total. The molecule has 10 heteroatoms. The van der Waals surface area contributed by atoms with Crippen LogP contribution in [-0.2, 0) is 6.18 Å². The normalized spacial score (nSPS) is 15.5. The Kier molecular flexibility index (Phi) is 5.58. The molecule has 0 radical (unpaired) electrons. The first-order valence-corrected chi connectivity index (χ1v) is 9.54. The molecule has 1 fully saturated rings. The Balaban J connectivity index is 1.35. The van der Waals surface area contributed by atoms with Crippen LogP contribution in [0.25, 0.3) is 10.9 Å². The molecular weight excluding hydrogens is 399 g/mol. The smallest absolute Gasteiger partial charge is 0.433 e. The van der Waals surface area contributed by atoms with E-state index in [-0.39, 0.29) is 17.2 Å². The summed E-state index contributed by atoms with van der Waals surface area (Å²) in [5, 5.41) is 3.42. The van der Waals surface area contributed by atoms with Gasteiger partial charge in [0.2, 0.25) is 0 Å². The summed E-state index contributed by atoms with van der Waals surface area (Å²) in [6.45, 7) is 4.06. The van der Waals surface area contributed by atoms with Gasteiger partial charge in [-0.3, -0.25) is 9.69 Å². The molecule has 0 spiro atoms. The van der Waals surface area contributed by atoms with E-state index >= 15 is 0 Å². The predicted molar refractivity (Wildman–Crippen MR) is 104 cm³/mol. The van der Waals surface area contributed by atoms with E-state index in [0.717, 1.165) is 19.2 Å². The molecule has 0 saturated carbocycles. The van der Waals surface area contributed by atoms with Crippen LogP contribution in [0.15, 0.2) is 47.2 Å². The van der Waals surface area contributed by atoms with Gasteiger partial charge >= 0.3 is 6.18 Å². The minimum absolute atomic E-state index is 0.246. The molecule has 1 aliphatic rings. The molecule has 3 aromatic rings. The fraction of sp³-hybridized carbons (Fsp3) is 0.350. The minimum Gasteiger partial charge on any atom is -0.459 e. The van der Waals surface area contributed by atoms with Crippen molar-refractivity contribution in [2.45, 2.75) is 6.18 Å². The number of nitrogens with one attached hydrogen (secondary N) is 1. The van der Waals surface area contributed by atoms with Crippen molar-refractivity contribution in [1.29, 1.82) is 0 Å². The molecule has 0 unspecified atom stereocenters. The van der Waals surface area contributed by atoms with Gasteiger partial charge in [-0.25, -0.2) is 9.97 Å². The van der Waals surface area contributed by atoms with E-state index in [2.05, 4.69) is 25.1 Å². The van der Waals surface area contributed by atoms with Gasteiger partial charge in [0.1, 0.15) is 11.5 Å². The molecule has 4 heterocycles. The second-order valence-corrected chi connectivity index (χ2v) is 6.96. The lowest BCUT2D eigenvalue weighted by Crippen LogP contribution is -2.48. The molecule has 1 amide bonds. The molecule has 0 aromatic carbocycles. The summed E-state index contributed by atoms with van der Waals surface area (Å²) in [6.07, 6.45) is -1.54. The van der Waals surface area contributed by atoms with Crippen molar-refractivity contribution in [2.75, 3.05) is 44.2 Å². The van der Waals surface area contributed by atoms with Gasteiger partial charge in [-0.2, -0.15) is 13.2 Å². The first kappa shape index (κ1) is 20.1. The standard InChI is InChI=1S/C20H20F3N5O2/c21-20(22,23)17-4-3-14-15(26-17)5-6-24-18(14)28-11-9-27(10-12-28)8-7-25-19(29)16-2-1-13-30-16/h1-6,13H,7-12H2,(H,25,29). The number of rotatable bonds is 5. The maximum Gasteiger partial charge on any atom is 0.433 e. The second kappa shape index (κ2) is 8.31. The summed E-state index contributed by atoms with van der Waals surface area (Å²) in [5.41, 5.74) is -0.633. The zero-order valence-corrected chi connectivity index (χ0v) is 16.0. The average molecular weight is 419 g/mol. The number of halogens is 3. The number of nitrogens with zero attached hydrogens (tertiary/aromatic N) is 4. The fourth-order valence-corrected chi connectivity index (χ4v) is 3.45. The fourth-order valence-electron chi connectivity index (χ4n) is 3.45. The van der Waals surface area contributed by atoms with Crippen molar-refractivity contribution >= 4 is 22.6 Å². The highest BCUT2D eigenvalue weighted by Gasteiger charge is 2.32. The number of aromatic nitrogens is 2. The van der Waals surface area contributed by atoms with Gasteiger partial charge in [0.15, 0.2) is 5.76 Å². The van der Waals surface area contributed by atoms with E-state index < -0.39 is 11.9 Å². The van der Waals surface area contributed by atoms with Gasteiger partial charge in [0.05, 0.1) is 11.8 Å². The van der Waals surface area contributed by atoms with Crippen LogP contribution in [0.4, 0.5) is 19.0 Å². The number of carbonyl (C=O) groups excluding carboxylic acids is 1. The summed E-state index contributed by atoms with van der Waals surface area (Å²) in [7, 11) is 0. The Morgan fingerprint density at radius 2 is 1.93 bits per heavy atom. The molecule has 158 valence electrons. The predicted octanol–water partition coefficient (Wildman–Crippen LogP) is 2.79. The molecule has 1 aliphatic heterocycles. The molecule has 3 aromatic heterocycles. The van der Waals surface area contributed by atoms with E-state index in [0.29, 0.717) is 37.4 Å². The topological polar surface area (TPSA) is 74.5 Å². The molecule has 1 saturated heterocycles. The Morgan fingerprint density at radius 3 is 2.63 bits per heavy atom. The minimum atomic E-state index is -4.48. The van der Waals surface area contributed by atoms with Crippen molar-refractivity contribution in [3.05, 3.63) is 54.2 Å². The SMILES string of the molecule is O=C(NCCN1CCN(c2nccc3nc(C(F)(F)F)ccc23)CC1)c1ccco1. The number of fused-ring (bicyclic) bond motifs is 1. The summed E-state index contributed by atoms with van der Waals surface area (Å²) in [4.78, 5) is 24.3. The van der Waals surface area contributed by atoms with E-state index in [4.69, 9.17) is 4.42 Å². The molecule has 30 heavy (non-hydrogen) atoms. The summed E-state index contributed by atoms with van der Waals surface area (Å²) in [5.74, 6) is 0.674. The second-order valence-electron chi connectivity index (χ2n) is 6.96. The van der Waals surface area contributed by atoms with E-state index in [1.807, 2.05) is 0 Å². The highest BCUT2D eigenvalue weighted by molar-refractivity contribution is 5.91. The third-order valence-corrected chi connectivity index (χ3v) is 5.02. The van der Waals surface area contributed by atoms with Crippen LogP contribution in [0.3, 0.4) is 0 Å². The molecule has 7 nitrogen and oxygen atoms in total. The van der Waals surface area contributed by atoms with E-state index in [9.17, 15) is 18.0 Å². The highest BCUT2D eigenvalue weighted by atomic mass is 19.4. The van der Waals surface area contributed by atoms with E-state index in [1.165, 1.54) is 24.6 Å². The molecule has 0 bridgehead atoms. The van der Waals surface area contributed by atoms with Gasteiger partial charge in [0, 0.05) is 50.9 Å². The molecule has 0 aliphatic carbocycles. The number of alkyl halides is 3. The maximum atomic E-state index is 12.9. The maximum absolute atomic E-state index is 12.9. The van der Waals surface area contributed by atoms with Crippen molar-refractivity contribution in [3.8, 4) is 0 Å². The zero-order valence-electron chi connectivity index (χ0n) is 16.0. The van der Waals surface area contributed by atoms with Gasteiger partial charge < -0.3 is 14.6 Å². The molecule has 0 atom stereocenters. The van der Waals surface area contributed by atoms with Crippen molar-refractivity contribution in [3.63, 3.8) is 0 Å². The number of amides is 1. The highest BCUT2D eigenvalue weighted by Crippen LogP contribution is 2.31. The van der Waals surface area contributed by atoms with Crippen LogP contribution in [0.1, 0.15) is 16.2 Å². The third kappa shape index (κ3) is 4.38. The van der Waals surface area contributed by atoms with Gasteiger partial charge in [-0.1, -0.05) is 0 Å². The quantitative estimate of drug-likeness (QED) is 0.686. The Hall–Kier alpha value is -3.14. The van der Waals surface area contributed by atoms with Crippen LogP contribution >= 0.6 is 0 Å². The number of anilines is 1. The molecular formula is C20H20F3N5O2. The number of pyridine rings is 2. The number of furan rings is 1. The number of carbonyl (C=O) groups is 1. The van der Waals surface area contributed by atoms with Crippen LogP contribution < -0.4 is 10.2 Å². The summed E-state index contributed by atoms with van der Waals surface area (Å²) in [6, 6.07) is 7.19. The van der Waals surface area contributed by atoms with Crippen LogP contribution in [0, 0.1) is 0 Å².